The van der Waals surface area contributed by atoms with Crippen LogP contribution in [0.2, 0.25) is 0 Å². The smallest absolute Gasteiger partial charge is 0.0514 e. The summed E-state index contributed by atoms with van der Waals surface area (Å²) in [6, 6.07) is 8.30. The number of hydrogen-bond donors (Lipinski definition) is 2. The highest BCUT2D eigenvalue weighted by atomic mass is 14.9. The van der Waals surface area contributed by atoms with Crippen molar-refractivity contribution < 1.29 is 0 Å². The highest BCUT2D eigenvalue weighted by molar-refractivity contribution is 5.85. The van der Waals surface area contributed by atoms with E-state index in [0.717, 1.165) is 76.3 Å². The molecule has 4 aliphatic heterocycles. The van der Waals surface area contributed by atoms with Crippen molar-refractivity contribution in [3.8, 4) is 0 Å². The molecule has 1 aromatic carbocycles. The number of nitrogens with one attached hydrogen (secondary N) is 2. The molecule has 158 valence electrons. The Labute approximate surface area is 179 Å². The molecule has 6 rings (SSSR count). The first-order valence-electron chi connectivity index (χ1n) is 10.8. The summed E-state index contributed by atoms with van der Waals surface area (Å²) in [5, 5.41) is 6.77. The molecule has 0 atom stereocenters. The molecule has 1 aliphatic carbocycles. The maximum Gasteiger partial charge on any atom is 0.0514 e. The fourth-order valence-corrected chi connectivity index (χ4v) is 3.08. The average Bonchev–Trinajstić information content (AvgIpc) is 2.78. The zero-order valence-corrected chi connectivity index (χ0v) is 17.6. The van der Waals surface area contributed by atoms with Crippen LogP contribution in [0.4, 0.5) is 0 Å². The molecule has 4 bridgehead atoms. The zero-order valence-electron chi connectivity index (χ0n) is 17.6. The lowest BCUT2D eigenvalue weighted by Crippen LogP contribution is -2.21. The number of allylic oxidation sites excluding steroid dienone is 4. The van der Waals surface area contributed by atoms with Gasteiger partial charge in [0.1, 0.15) is 0 Å². The van der Waals surface area contributed by atoms with E-state index in [4.69, 9.17) is 0 Å². The van der Waals surface area contributed by atoms with E-state index in [0.29, 0.717) is 0 Å². The number of hydrogen-bond acceptors (Lipinski definition) is 6. The Bertz CT molecular complexity index is 746. The van der Waals surface area contributed by atoms with Gasteiger partial charge >= 0.3 is 0 Å². The Morgan fingerprint density at radius 3 is 1.23 bits per heavy atom. The summed E-state index contributed by atoms with van der Waals surface area (Å²) >= 11 is 0. The van der Waals surface area contributed by atoms with Crippen LogP contribution in [-0.4, -0.2) is 77.2 Å². The van der Waals surface area contributed by atoms with Crippen LogP contribution >= 0.6 is 0 Å². The van der Waals surface area contributed by atoms with Crippen LogP contribution in [0.1, 0.15) is 24.0 Å². The molecule has 0 aromatic heterocycles. The van der Waals surface area contributed by atoms with Gasteiger partial charge in [-0.25, -0.2) is 0 Å². The highest BCUT2D eigenvalue weighted by Gasteiger charge is 2.02. The minimum Gasteiger partial charge on any atom is -0.313 e. The molecule has 1 aromatic rings. The molecule has 0 amide bonds. The molecular formula is C24H32N6. The maximum absolute atomic E-state index is 4.53. The van der Waals surface area contributed by atoms with E-state index in [-0.39, 0.29) is 0 Å². The predicted octanol–water partition coefficient (Wildman–Crippen LogP) is 2.51. The normalized spacial score (nSPS) is 19.6. The summed E-state index contributed by atoms with van der Waals surface area (Å²) in [5.41, 5.74) is 4.79. The third kappa shape index (κ3) is 8.76. The Morgan fingerprint density at radius 1 is 0.500 bits per heavy atom. The number of benzene rings is 1. The molecule has 0 radical (unpaired) electrons. The Balaban J connectivity index is 1.53. The first kappa shape index (κ1) is 22.0. The first-order chi connectivity index (χ1) is 14.9. The monoisotopic (exact) mass is 404 g/mol. The van der Waals surface area contributed by atoms with Crippen LogP contribution in [0.25, 0.3) is 0 Å². The second kappa shape index (κ2) is 13.5. The summed E-state index contributed by atoms with van der Waals surface area (Å²) in [5.74, 6) is 0. The standard InChI is InChI=1S/C24H32N6/c1-2-22-4-3-21(1)17-27-13-9-25-11-15-29-19-23-5-7-24(8-6-23)20-30-16-12-26-10-14-28-18-22/h1-5,7,17-20,25-26H,6,8-16H2. The van der Waals surface area contributed by atoms with Crippen LogP contribution in [0.15, 0.2) is 67.5 Å². The van der Waals surface area contributed by atoms with Crippen LogP contribution in [-0.2, 0) is 0 Å². The maximum atomic E-state index is 4.53. The summed E-state index contributed by atoms with van der Waals surface area (Å²) in [7, 11) is 0. The largest absolute Gasteiger partial charge is 0.313 e. The van der Waals surface area contributed by atoms with Crippen molar-refractivity contribution >= 4 is 24.9 Å². The van der Waals surface area contributed by atoms with Crippen molar-refractivity contribution in [2.24, 2.45) is 20.0 Å². The van der Waals surface area contributed by atoms with Gasteiger partial charge in [-0.05, 0) is 35.1 Å². The van der Waals surface area contributed by atoms with Gasteiger partial charge in [-0.15, -0.1) is 0 Å². The van der Waals surface area contributed by atoms with E-state index in [2.05, 4.69) is 67.0 Å². The van der Waals surface area contributed by atoms with Gasteiger partial charge in [0.25, 0.3) is 0 Å². The summed E-state index contributed by atoms with van der Waals surface area (Å²) in [6.07, 6.45) is 14.2. The van der Waals surface area contributed by atoms with Crippen molar-refractivity contribution in [1.82, 2.24) is 10.6 Å². The number of rotatable bonds is 0. The van der Waals surface area contributed by atoms with Gasteiger partial charge in [0.2, 0.25) is 0 Å². The number of aliphatic imine (C=N–C) groups is 4. The highest BCUT2D eigenvalue weighted by Crippen LogP contribution is 2.15. The molecule has 5 aliphatic rings. The van der Waals surface area contributed by atoms with E-state index < -0.39 is 0 Å². The lowest BCUT2D eigenvalue weighted by molar-refractivity contribution is 0.698. The second-order valence-corrected chi connectivity index (χ2v) is 7.29. The third-order valence-electron chi connectivity index (χ3n) is 4.82. The molecule has 0 saturated carbocycles. The SMILES string of the molecule is C1=NCCNCCN=Cc2ccc(cc2)C=NCCNCCN=CC2=CC=C1CC2. The van der Waals surface area contributed by atoms with Crippen LogP contribution in [0.3, 0.4) is 0 Å². The fourth-order valence-electron chi connectivity index (χ4n) is 3.08. The Morgan fingerprint density at radius 2 is 0.867 bits per heavy atom. The fraction of sp³-hybridized carbons (Fsp3) is 0.417. The minimum absolute atomic E-state index is 0.764. The van der Waals surface area contributed by atoms with Gasteiger partial charge in [0, 0.05) is 51.0 Å². The lowest BCUT2D eigenvalue weighted by atomic mass is 10.00. The van der Waals surface area contributed by atoms with Gasteiger partial charge in [-0.3, -0.25) is 20.0 Å². The Kier molecular flexibility index (Phi) is 9.91. The topological polar surface area (TPSA) is 73.5 Å². The van der Waals surface area contributed by atoms with Crippen LogP contribution in [0, 0.1) is 0 Å². The molecule has 6 heteroatoms. The molecule has 30 heavy (non-hydrogen) atoms. The van der Waals surface area contributed by atoms with Gasteiger partial charge in [-0.1, -0.05) is 36.4 Å². The van der Waals surface area contributed by atoms with Crippen LogP contribution in [0.5, 0.6) is 0 Å². The van der Waals surface area contributed by atoms with Crippen molar-refractivity contribution in [2.45, 2.75) is 12.8 Å². The summed E-state index contributed by atoms with van der Waals surface area (Å²) < 4.78 is 0. The van der Waals surface area contributed by atoms with E-state index in [1.54, 1.807) is 0 Å². The minimum atomic E-state index is 0.764. The van der Waals surface area contributed by atoms with Gasteiger partial charge in [-0.2, -0.15) is 0 Å². The molecule has 0 unspecified atom stereocenters. The van der Waals surface area contributed by atoms with E-state index in [1.807, 2.05) is 24.9 Å². The van der Waals surface area contributed by atoms with Crippen molar-refractivity contribution in [2.75, 3.05) is 52.4 Å². The average molecular weight is 405 g/mol. The van der Waals surface area contributed by atoms with E-state index in [9.17, 15) is 0 Å². The van der Waals surface area contributed by atoms with Crippen LogP contribution < -0.4 is 10.6 Å². The first-order valence-corrected chi connectivity index (χ1v) is 10.8. The second-order valence-electron chi connectivity index (χ2n) is 7.29. The molecule has 0 saturated heterocycles. The molecule has 6 nitrogen and oxygen atoms in total. The molecule has 0 fully saturated rings. The molecule has 0 spiro atoms. The number of nitrogens with zero attached hydrogens (tertiary/aromatic N) is 4. The van der Waals surface area contributed by atoms with E-state index >= 15 is 0 Å². The van der Waals surface area contributed by atoms with Gasteiger partial charge in [0.15, 0.2) is 0 Å². The van der Waals surface area contributed by atoms with Gasteiger partial charge < -0.3 is 10.6 Å². The lowest BCUT2D eigenvalue weighted by Gasteiger charge is -2.08. The molecular weight excluding hydrogens is 372 g/mol. The van der Waals surface area contributed by atoms with Crippen molar-refractivity contribution in [1.29, 1.82) is 0 Å². The zero-order chi connectivity index (χ0) is 20.7. The summed E-state index contributed by atoms with van der Waals surface area (Å²) in [6.45, 7) is 6.56. The van der Waals surface area contributed by atoms with Gasteiger partial charge in [0.05, 0.1) is 26.2 Å². The van der Waals surface area contributed by atoms with E-state index in [1.165, 1.54) is 11.1 Å². The van der Waals surface area contributed by atoms with Crippen molar-refractivity contribution in [3.05, 3.63) is 58.7 Å². The summed E-state index contributed by atoms with van der Waals surface area (Å²) in [4.78, 5) is 18.0. The molecule has 2 N–H and O–H groups in total. The quantitative estimate of drug-likeness (QED) is 0.697. The van der Waals surface area contributed by atoms with Crippen molar-refractivity contribution in [3.63, 3.8) is 0 Å². The Hall–Kier alpha value is -2.70. The third-order valence-corrected chi connectivity index (χ3v) is 4.82. The molecule has 4 heterocycles. The predicted molar refractivity (Wildman–Crippen MR) is 129 cm³/mol.